The Morgan fingerprint density at radius 1 is 1.00 bits per heavy atom. The summed E-state index contributed by atoms with van der Waals surface area (Å²) in [7, 11) is 0. The van der Waals surface area contributed by atoms with Gasteiger partial charge in [0.05, 0.1) is 0 Å². The molecule has 2 atom stereocenters. The van der Waals surface area contributed by atoms with E-state index < -0.39 is 0 Å². The lowest BCUT2D eigenvalue weighted by atomic mass is 9.98. The van der Waals surface area contributed by atoms with E-state index in [1.54, 1.807) is 0 Å². The molecule has 0 spiro atoms. The van der Waals surface area contributed by atoms with E-state index in [-0.39, 0.29) is 12.1 Å². The second-order valence-corrected chi connectivity index (χ2v) is 3.81. The highest BCUT2D eigenvalue weighted by Crippen LogP contribution is 2.16. The van der Waals surface area contributed by atoms with Gasteiger partial charge in [-0.15, -0.1) is 0 Å². The predicted molar refractivity (Wildman–Crippen MR) is 56.5 cm³/mol. The van der Waals surface area contributed by atoms with Crippen LogP contribution in [-0.4, -0.2) is 6.04 Å². The maximum absolute atomic E-state index is 5.95. The molecule has 0 aliphatic heterocycles. The fraction of sp³-hybridized carbons (Fsp3) is 0.455. The number of benzene rings is 1. The molecule has 72 valence electrons. The van der Waals surface area contributed by atoms with Crippen molar-refractivity contribution in [2.75, 3.05) is 0 Å². The van der Waals surface area contributed by atoms with Crippen molar-refractivity contribution in [3.05, 3.63) is 34.9 Å². The molecule has 0 saturated heterocycles. The van der Waals surface area contributed by atoms with Gasteiger partial charge in [-0.1, -0.05) is 29.3 Å². The summed E-state index contributed by atoms with van der Waals surface area (Å²) in [6.07, 6.45) is 0. The second kappa shape index (κ2) is 3.90. The summed E-state index contributed by atoms with van der Waals surface area (Å²) in [4.78, 5) is 0. The van der Waals surface area contributed by atoms with Crippen LogP contribution < -0.4 is 11.5 Å². The van der Waals surface area contributed by atoms with Gasteiger partial charge in [-0.25, -0.2) is 0 Å². The number of nitrogens with two attached hydrogens (primary N) is 2. The minimum atomic E-state index is -0.0569. The topological polar surface area (TPSA) is 52.0 Å². The van der Waals surface area contributed by atoms with Gasteiger partial charge < -0.3 is 11.5 Å². The van der Waals surface area contributed by atoms with Crippen LogP contribution in [0.15, 0.2) is 18.2 Å². The van der Waals surface area contributed by atoms with Gasteiger partial charge in [0.15, 0.2) is 0 Å². The van der Waals surface area contributed by atoms with Gasteiger partial charge in [0, 0.05) is 12.1 Å². The third-order valence-electron chi connectivity index (χ3n) is 2.20. The number of hydrogen-bond acceptors (Lipinski definition) is 2. The summed E-state index contributed by atoms with van der Waals surface area (Å²) in [5.41, 5.74) is 15.3. The van der Waals surface area contributed by atoms with Crippen molar-refractivity contribution in [2.45, 2.75) is 32.9 Å². The monoisotopic (exact) mass is 178 g/mol. The Morgan fingerprint density at radius 3 is 1.85 bits per heavy atom. The van der Waals surface area contributed by atoms with Gasteiger partial charge in [0.25, 0.3) is 0 Å². The third kappa shape index (κ3) is 2.54. The Hall–Kier alpha value is -0.860. The van der Waals surface area contributed by atoms with E-state index in [1.807, 2.05) is 6.92 Å². The lowest BCUT2D eigenvalue weighted by Crippen LogP contribution is -2.31. The van der Waals surface area contributed by atoms with E-state index in [9.17, 15) is 0 Å². The standard InChI is InChI=1S/C11H18N2/c1-7-4-8(2)6-10(5-7)11(13)9(3)12/h4-6,9,11H,12-13H2,1-3H3. The van der Waals surface area contributed by atoms with E-state index in [2.05, 4.69) is 32.0 Å². The van der Waals surface area contributed by atoms with Gasteiger partial charge in [0.2, 0.25) is 0 Å². The Bertz CT molecular complexity index is 272. The summed E-state index contributed by atoms with van der Waals surface area (Å²) < 4.78 is 0. The lowest BCUT2D eigenvalue weighted by Gasteiger charge is -2.17. The van der Waals surface area contributed by atoms with Crippen molar-refractivity contribution in [3.63, 3.8) is 0 Å². The fourth-order valence-corrected chi connectivity index (χ4v) is 1.51. The first-order valence-corrected chi connectivity index (χ1v) is 4.60. The maximum atomic E-state index is 5.95. The minimum Gasteiger partial charge on any atom is -0.326 e. The number of hydrogen-bond donors (Lipinski definition) is 2. The highest BCUT2D eigenvalue weighted by atomic mass is 14.8. The van der Waals surface area contributed by atoms with Crippen LogP contribution in [0.5, 0.6) is 0 Å². The molecule has 1 rings (SSSR count). The molecular weight excluding hydrogens is 160 g/mol. The first-order valence-electron chi connectivity index (χ1n) is 4.60. The lowest BCUT2D eigenvalue weighted by molar-refractivity contribution is 0.588. The van der Waals surface area contributed by atoms with Gasteiger partial charge in [0.1, 0.15) is 0 Å². The molecule has 2 nitrogen and oxygen atoms in total. The highest BCUT2D eigenvalue weighted by molar-refractivity contribution is 5.31. The van der Waals surface area contributed by atoms with Crippen molar-refractivity contribution in [3.8, 4) is 0 Å². The maximum Gasteiger partial charge on any atom is 0.0446 e. The van der Waals surface area contributed by atoms with Crippen molar-refractivity contribution >= 4 is 0 Å². The van der Waals surface area contributed by atoms with Gasteiger partial charge >= 0.3 is 0 Å². The summed E-state index contributed by atoms with van der Waals surface area (Å²) in [6, 6.07) is 6.28. The summed E-state index contributed by atoms with van der Waals surface area (Å²) in [5.74, 6) is 0. The van der Waals surface area contributed by atoms with Crippen LogP contribution in [0.2, 0.25) is 0 Å². The minimum absolute atomic E-state index is 0.00111. The molecular formula is C11H18N2. The quantitative estimate of drug-likeness (QED) is 0.723. The highest BCUT2D eigenvalue weighted by Gasteiger charge is 2.10. The summed E-state index contributed by atoms with van der Waals surface area (Å²) in [5, 5.41) is 0. The molecule has 0 aromatic heterocycles. The molecule has 0 aliphatic carbocycles. The van der Waals surface area contributed by atoms with Gasteiger partial charge in [-0.2, -0.15) is 0 Å². The zero-order chi connectivity index (χ0) is 10.0. The zero-order valence-corrected chi connectivity index (χ0v) is 8.54. The Kier molecular flexibility index (Phi) is 3.07. The molecule has 0 saturated carbocycles. The normalized spacial score (nSPS) is 15.5. The SMILES string of the molecule is Cc1cc(C)cc(C(N)C(C)N)c1. The smallest absolute Gasteiger partial charge is 0.0446 e. The molecule has 2 unspecified atom stereocenters. The van der Waals surface area contributed by atoms with E-state index in [1.165, 1.54) is 11.1 Å². The van der Waals surface area contributed by atoms with Crippen LogP contribution in [-0.2, 0) is 0 Å². The first-order chi connectivity index (χ1) is 6.00. The van der Waals surface area contributed by atoms with Crippen LogP contribution in [0.1, 0.15) is 29.7 Å². The Morgan fingerprint density at radius 2 is 1.46 bits per heavy atom. The van der Waals surface area contributed by atoms with Gasteiger partial charge in [-0.3, -0.25) is 0 Å². The summed E-state index contributed by atoms with van der Waals surface area (Å²) >= 11 is 0. The van der Waals surface area contributed by atoms with Gasteiger partial charge in [-0.05, 0) is 26.3 Å². The van der Waals surface area contributed by atoms with E-state index in [0.29, 0.717) is 0 Å². The number of aryl methyl sites for hydroxylation is 2. The van der Waals surface area contributed by atoms with Crippen molar-refractivity contribution in [2.24, 2.45) is 11.5 Å². The molecule has 4 N–H and O–H groups in total. The van der Waals surface area contributed by atoms with Crippen molar-refractivity contribution in [1.82, 2.24) is 0 Å². The van der Waals surface area contributed by atoms with Crippen molar-refractivity contribution in [1.29, 1.82) is 0 Å². The van der Waals surface area contributed by atoms with Crippen LogP contribution in [0, 0.1) is 13.8 Å². The molecule has 0 heterocycles. The Labute approximate surface area is 79.9 Å². The molecule has 2 heteroatoms. The molecule has 0 radical (unpaired) electrons. The zero-order valence-electron chi connectivity index (χ0n) is 8.54. The molecule has 0 fully saturated rings. The number of rotatable bonds is 2. The second-order valence-electron chi connectivity index (χ2n) is 3.81. The van der Waals surface area contributed by atoms with E-state index in [0.717, 1.165) is 5.56 Å². The third-order valence-corrected chi connectivity index (χ3v) is 2.20. The molecule has 13 heavy (non-hydrogen) atoms. The van der Waals surface area contributed by atoms with Crippen molar-refractivity contribution < 1.29 is 0 Å². The molecule has 1 aromatic carbocycles. The average Bonchev–Trinajstić information content (AvgIpc) is 2.01. The molecule has 0 bridgehead atoms. The van der Waals surface area contributed by atoms with Crippen LogP contribution in [0.25, 0.3) is 0 Å². The largest absolute Gasteiger partial charge is 0.326 e. The van der Waals surface area contributed by atoms with E-state index >= 15 is 0 Å². The fourth-order valence-electron chi connectivity index (χ4n) is 1.51. The molecule has 0 amide bonds. The molecule has 1 aromatic rings. The van der Waals surface area contributed by atoms with Crippen LogP contribution >= 0.6 is 0 Å². The predicted octanol–water partition coefficient (Wildman–Crippen LogP) is 1.65. The average molecular weight is 178 g/mol. The first kappa shape index (κ1) is 10.2. The van der Waals surface area contributed by atoms with Crippen LogP contribution in [0.3, 0.4) is 0 Å². The van der Waals surface area contributed by atoms with Crippen LogP contribution in [0.4, 0.5) is 0 Å². The van der Waals surface area contributed by atoms with E-state index in [4.69, 9.17) is 11.5 Å². The molecule has 0 aliphatic rings. The summed E-state index contributed by atoms with van der Waals surface area (Å²) in [6.45, 7) is 6.08. The Balaban J connectivity index is 3.01.